The molecule has 3 aromatic rings. The fourth-order valence-corrected chi connectivity index (χ4v) is 4.80. The Balaban J connectivity index is 1.79. The second-order valence-corrected chi connectivity index (χ2v) is 9.43. The van der Waals surface area contributed by atoms with Gasteiger partial charge >= 0.3 is 0 Å². The number of sulfone groups is 1. The summed E-state index contributed by atoms with van der Waals surface area (Å²) in [4.78, 5) is 18.9. The number of amides is 1. The summed E-state index contributed by atoms with van der Waals surface area (Å²) < 4.78 is 23.0. The van der Waals surface area contributed by atoms with E-state index in [0.717, 1.165) is 32.6 Å². The van der Waals surface area contributed by atoms with Crippen molar-refractivity contribution < 1.29 is 13.2 Å². The molecule has 0 atom stereocenters. The number of carbonyl (C=O) groups excluding carboxylic acids is 1. The van der Waals surface area contributed by atoms with Gasteiger partial charge in [0.2, 0.25) is 0 Å². The van der Waals surface area contributed by atoms with Crippen LogP contribution < -0.4 is 5.32 Å². The molecule has 7 heteroatoms. The highest BCUT2D eigenvalue weighted by Gasteiger charge is 2.18. The maximum absolute atomic E-state index is 12.6. The van der Waals surface area contributed by atoms with E-state index in [1.807, 2.05) is 26.8 Å². The zero-order valence-electron chi connectivity index (χ0n) is 15.1. The van der Waals surface area contributed by atoms with Gasteiger partial charge in [0.15, 0.2) is 9.84 Å². The Hall–Kier alpha value is -2.25. The Labute approximate surface area is 157 Å². The fourth-order valence-electron chi connectivity index (χ4n) is 2.95. The molecule has 1 amide bonds. The summed E-state index contributed by atoms with van der Waals surface area (Å²) in [5.74, 6) is -0.144. The summed E-state index contributed by atoms with van der Waals surface area (Å²) in [6, 6.07) is 8.55. The molecule has 0 unspecified atom stereocenters. The van der Waals surface area contributed by atoms with Crippen LogP contribution >= 0.6 is 11.3 Å². The van der Waals surface area contributed by atoms with Gasteiger partial charge < -0.3 is 5.32 Å². The largest absolute Gasteiger partial charge is 0.347 e. The Morgan fingerprint density at radius 2 is 1.81 bits per heavy atom. The van der Waals surface area contributed by atoms with Crippen molar-refractivity contribution in [3.8, 4) is 0 Å². The number of rotatable bonds is 4. The summed E-state index contributed by atoms with van der Waals surface area (Å²) in [7, 11) is -3.21. The predicted molar refractivity (Wildman–Crippen MR) is 105 cm³/mol. The molecule has 1 N–H and O–H groups in total. The first kappa shape index (κ1) is 18.5. The van der Waals surface area contributed by atoms with Crippen molar-refractivity contribution in [1.29, 1.82) is 0 Å². The van der Waals surface area contributed by atoms with Crippen molar-refractivity contribution in [2.45, 2.75) is 32.2 Å². The Morgan fingerprint density at radius 3 is 2.42 bits per heavy atom. The van der Waals surface area contributed by atoms with E-state index in [0.29, 0.717) is 11.4 Å². The minimum atomic E-state index is -3.21. The van der Waals surface area contributed by atoms with Crippen molar-refractivity contribution in [2.75, 3.05) is 6.26 Å². The lowest BCUT2D eigenvalue weighted by molar-refractivity contribution is 0.0954. The molecule has 1 aromatic carbocycles. The monoisotopic (exact) mass is 388 g/mol. The first-order chi connectivity index (χ1) is 12.2. The lowest BCUT2D eigenvalue weighted by Crippen LogP contribution is -2.22. The van der Waals surface area contributed by atoms with Gasteiger partial charge in [0.05, 0.1) is 9.77 Å². The Morgan fingerprint density at radius 1 is 1.15 bits per heavy atom. The molecule has 0 aliphatic rings. The highest BCUT2D eigenvalue weighted by atomic mass is 32.2. The molecule has 5 nitrogen and oxygen atoms in total. The highest BCUT2D eigenvalue weighted by Crippen LogP contribution is 2.32. The minimum absolute atomic E-state index is 0.144. The SMILES string of the molecule is Cc1cc(C)c2c(C)c(C(=O)NCc3ccc(S(C)(=O)=O)cc3)sc2n1. The van der Waals surface area contributed by atoms with Crippen LogP contribution in [0.5, 0.6) is 0 Å². The van der Waals surface area contributed by atoms with Gasteiger partial charge in [-0.25, -0.2) is 13.4 Å². The number of hydrogen-bond donors (Lipinski definition) is 1. The first-order valence-electron chi connectivity index (χ1n) is 8.11. The van der Waals surface area contributed by atoms with Gasteiger partial charge in [0.25, 0.3) is 5.91 Å². The predicted octanol–water partition coefficient (Wildman–Crippen LogP) is 3.56. The standard InChI is InChI=1S/C19H20N2O3S2/c1-11-9-12(2)21-19-16(11)13(3)17(25-19)18(22)20-10-14-5-7-15(8-6-14)26(4,23)24/h5-9H,10H2,1-4H3,(H,20,22). The van der Waals surface area contributed by atoms with E-state index in [2.05, 4.69) is 10.3 Å². The van der Waals surface area contributed by atoms with E-state index >= 15 is 0 Å². The maximum atomic E-state index is 12.6. The number of aromatic nitrogens is 1. The summed E-state index contributed by atoms with van der Waals surface area (Å²) in [5.41, 5.74) is 3.85. The molecule has 3 rings (SSSR count). The third kappa shape index (κ3) is 3.64. The van der Waals surface area contributed by atoms with Crippen LogP contribution in [0.4, 0.5) is 0 Å². The zero-order valence-corrected chi connectivity index (χ0v) is 16.7. The molecule has 2 aromatic heterocycles. The van der Waals surface area contributed by atoms with E-state index in [-0.39, 0.29) is 10.8 Å². The second kappa shape index (κ2) is 6.81. The molecule has 0 radical (unpaired) electrons. The third-order valence-electron chi connectivity index (χ3n) is 4.24. The Kier molecular flexibility index (Phi) is 4.86. The number of benzene rings is 1. The van der Waals surface area contributed by atoms with E-state index in [1.165, 1.54) is 17.6 Å². The molecule has 2 heterocycles. The van der Waals surface area contributed by atoms with Gasteiger partial charge in [0.1, 0.15) is 4.83 Å². The Bertz CT molecular complexity index is 1100. The lowest BCUT2D eigenvalue weighted by atomic mass is 10.1. The molecule has 0 spiro atoms. The van der Waals surface area contributed by atoms with Crippen molar-refractivity contribution in [3.05, 3.63) is 57.6 Å². The van der Waals surface area contributed by atoms with Crippen LogP contribution in [-0.4, -0.2) is 25.6 Å². The second-order valence-electron chi connectivity index (χ2n) is 6.42. The average molecular weight is 389 g/mol. The van der Waals surface area contributed by atoms with Crippen LogP contribution in [0, 0.1) is 20.8 Å². The maximum Gasteiger partial charge on any atom is 0.261 e. The van der Waals surface area contributed by atoms with Crippen molar-refractivity contribution in [1.82, 2.24) is 10.3 Å². The third-order valence-corrected chi connectivity index (χ3v) is 6.55. The van der Waals surface area contributed by atoms with Gasteiger partial charge in [-0.1, -0.05) is 12.1 Å². The van der Waals surface area contributed by atoms with Crippen LogP contribution in [0.15, 0.2) is 35.2 Å². The van der Waals surface area contributed by atoms with Crippen LogP contribution in [-0.2, 0) is 16.4 Å². The number of fused-ring (bicyclic) bond motifs is 1. The van der Waals surface area contributed by atoms with E-state index in [1.54, 1.807) is 24.3 Å². The first-order valence-corrected chi connectivity index (χ1v) is 10.8. The molecule has 0 saturated carbocycles. The molecular formula is C19H20N2O3S2. The minimum Gasteiger partial charge on any atom is -0.347 e. The quantitative estimate of drug-likeness (QED) is 0.741. The molecule has 136 valence electrons. The zero-order chi connectivity index (χ0) is 19.1. The lowest BCUT2D eigenvalue weighted by Gasteiger charge is -2.06. The summed E-state index contributed by atoms with van der Waals surface area (Å²) in [5, 5.41) is 3.95. The van der Waals surface area contributed by atoms with Crippen molar-refractivity contribution in [2.24, 2.45) is 0 Å². The number of nitrogens with zero attached hydrogens (tertiary/aromatic N) is 1. The molecule has 0 saturated heterocycles. The number of hydrogen-bond acceptors (Lipinski definition) is 5. The smallest absolute Gasteiger partial charge is 0.261 e. The molecule has 0 aliphatic carbocycles. The van der Waals surface area contributed by atoms with Crippen LogP contribution in [0.2, 0.25) is 0 Å². The highest BCUT2D eigenvalue weighted by molar-refractivity contribution is 7.90. The number of thiophene rings is 1. The van der Waals surface area contributed by atoms with E-state index in [9.17, 15) is 13.2 Å². The van der Waals surface area contributed by atoms with Crippen molar-refractivity contribution in [3.63, 3.8) is 0 Å². The van der Waals surface area contributed by atoms with Gasteiger partial charge in [-0.05, 0) is 55.7 Å². The summed E-state index contributed by atoms with van der Waals surface area (Å²) in [6.07, 6.45) is 1.17. The molecular weight excluding hydrogens is 368 g/mol. The van der Waals surface area contributed by atoms with Crippen molar-refractivity contribution >= 4 is 37.3 Å². The number of nitrogens with one attached hydrogen (secondary N) is 1. The van der Waals surface area contributed by atoms with E-state index < -0.39 is 9.84 Å². The average Bonchev–Trinajstić information content (AvgIpc) is 2.89. The number of aryl methyl sites for hydroxylation is 3. The fraction of sp³-hybridized carbons (Fsp3) is 0.263. The summed E-state index contributed by atoms with van der Waals surface area (Å²) >= 11 is 1.40. The number of pyridine rings is 1. The van der Waals surface area contributed by atoms with E-state index in [4.69, 9.17) is 0 Å². The van der Waals surface area contributed by atoms with Gasteiger partial charge in [-0.15, -0.1) is 11.3 Å². The van der Waals surface area contributed by atoms with Gasteiger partial charge in [0, 0.05) is 23.9 Å². The molecule has 0 bridgehead atoms. The molecule has 0 fully saturated rings. The normalized spacial score (nSPS) is 11.7. The van der Waals surface area contributed by atoms with Crippen LogP contribution in [0.25, 0.3) is 10.2 Å². The molecule has 0 aliphatic heterocycles. The van der Waals surface area contributed by atoms with Crippen LogP contribution in [0.1, 0.15) is 32.1 Å². The topological polar surface area (TPSA) is 76.1 Å². The molecule has 26 heavy (non-hydrogen) atoms. The summed E-state index contributed by atoms with van der Waals surface area (Å²) in [6.45, 7) is 6.25. The van der Waals surface area contributed by atoms with Gasteiger partial charge in [-0.2, -0.15) is 0 Å². The van der Waals surface area contributed by atoms with Crippen LogP contribution in [0.3, 0.4) is 0 Å². The van der Waals surface area contributed by atoms with Gasteiger partial charge in [-0.3, -0.25) is 4.79 Å². The number of carbonyl (C=O) groups is 1.